The zero-order chi connectivity index (χ0) is 12.3. The van der Waals surface area contributed by atoms with Crippen LogP contribution >= 0.6 is 0 Å². The van der Waals surface area contributed by atoms with Crippen LogP contribution in [-0.2, 0) is 0 Å². The van der Waals surface area contributed by atoms with E-state index in [0.29, 0.717) is 23.7 Å². The Bertz CT molecular complexity index is 552. The third-order valence-corrected chi connectivity index (χ3v) is 2.15. The smallest absolute Gasteiger partial charge is 0.178 e. The minimum atomic E-state index is 0.254. The van der Waals surface area contributed by atoms with Crippen molar-refractivity contribution in [3.8, 4) is 11.9 Å². The fourth-order valence-electron chi connectivity index (χ4n) is 1.41. The summed E-state index contributed by atoms with van der Waals surface area (Å²) in [6.07, 6.45) is 1.56. The number of hydrogen-bond acceptors (Lipinski definition) is 6. The zero-order valence-electron chi connectivity index (χ0n) is 9.25. The van der Waals surface area contributed by atoms with E-state index in [4.69, 9.17) is 11.0 Å². The molecule has 2 aromatic heterocycles. The third kappa shape index (κ3) is 1.88. The molecule has 7 nitrogen and oxygen atoms in total. The van der Waals surface area contributed by atoms with Crippen molar-refractivity contribution in [3.63, 3.8) is 0 Å². The van der Waals surface area contributed by atoms with E-state index in [1.165, 1.54) is 4.68 Å². The Morgan fingerprint density at radius 3 is 3.00 bits per heavy atom. The highest BCUT2D eigenvalue weighted by Crippen LogP contribution is 2.22. The van der Waals surface area contributed by atoms with Gasteiger partial charge in [0.05, 0.1) is 0 Å². The molecule has 0 saturated heterocycles. The Kier molecular flexibility index (Phi) is 2.87. The van der Waals surface area contributed by atoms with Gasteiger partial charge in [-0.05, 0) is 19.1 Å². The van der Waals surface area contributed by atoms with Crippen LogP contribution in [0.3, 0.4) is 0 Å². The summed E-state index contributed by atoms with van der Waals surface area (Å²) in [7, 11) is 0. The number of anilines is 2. The van der Waals surface area contributed by atoms with Crippen LogP contribution in [0, 0.1) is 11.3 Å². The van der Waals surface area contributed by atoms with Gasteiger partial charge in [-0.25, -0.2) is 0 Å². The van der Waals surface area contributed by atoms with E-state index < -0.39 is 0 Å². The molecule has 0 radical (unpaired) electrons. The van der Waals surface area contributed by atoms with Gasteiger partial charge in [-0.1, -0.05) is 0 Å². The second-order valence-electron chi connectivity index (χ2n) is 3.24. The molecule has 0 aromatic carbocycles. The molecule has 0 saturated carbocycles. The predicted octanol–water partition coefficient (Wildman–Crippen LogP) is 0.548. The standard InChI is InChI=1S/C10H11N7/c1-2-13-10-7(6-11)9(12)17(16-10)8-4-3-5-14-15-8/h3-5H,2,12H2,1H3,(H,13,16). The number of hydrogen-bond donors (Lipinski definition) is 2. The highest BCUT2D eigenvalue weighted by atomic mass is 15.4. The molecule has 0 spiro atoms. The van der Waals surface area contributed by atoms with Gasteiger partial charge in [0.25, 0.3) is 0 Å². The number of nitrogens with two attached hydrogens (primary N) is 1. The largest absolute Gasteiger partial charge is 0.382 e. The Balaban J connectivity index is 2.54. The van der Waals surface area contributed by atoms with E-state index in [2.05, 4.69) is 20.6 Å². The molecule has 0 aliphatic heterocycles. The first-order chi connectivity index (χ1) is 8.27. The van der Waals surface area contributed by atoms with Crippen molar-refractivity contribution in [2.45, 2.75) is 6.92 Å². The SMILES string of the molecule is CCNc1nn(-c2cccnn2)c(N)c1C#N. The van der Waals surface area contributed by atoms with E-state index in [9.17, 15) is 0 Å². The summed E-state index contributed by atoms with van der Waals surface area (Å²) in [4.78, 5) is 0. The van der Waals surface area contributed by atoms with Crippen molar-refractivity contribution in [2.24, 2.45) is 0 Å². The molecular weight excluding hydrogens is 218 g/mol. The molecule has 0 aliphatic rings. The van der Waals surface area contributed by atoms with E-state index in [1.807, 2.05) is 13.0 Å². The number of nitriles is 1. The molecule has 0 unspecified atom stereocenters. The molecule has 7 heteroatoms. The molecule has 2 rings (SSSR count). The summed E-state index contributed by atoms with van der Waals surface area (Å²) in [5, 5.41) is 23.8. The number of nitrogen functional groups attached to an aromatic ring is 1. The fourth-order valence-corrected chi connectivity index (χ4v) is 1.41. The second-order valence-corrected chi connectivity index (χ2v) is 3.24. The van der Waals surface area contributed by atoms with Gasteiger partial charge in [-0.3, -0.25) is 0 Å². The molecule has 0 aliphatic carbocycles. The maximum atomic E-state index is 9.03. The van der Waals surface area contributed by atoms with Gasteiger partial charge in [0.15, 0.2) is 11.6 Å². The van der Waals surface area contributed by atoms with Crippen LogP contribution in [0.15, 0.2) is 18.3 Å². The lowest BCUT2D eigenvalue weighted by molar-refractivity contribution is 0.823. The molecule has 17 heavy (non-hydrogen) atoms. The van der Waals surface area contributed by atoms with Crippen LogP contribution in [0.4, 0.5) is 11.6 Å². The van der Waals surface area contributed by atoms with Crippen molar-refractivity contribution in [1.29, 1.82) is 5.26 Å². The van der Waals surface area contributed by atoms with Gasteiger partial charge in [-0.15, -0.1) is 10.2 Å². The van der Waals surface area contributed by atoms with Crippen LogP contribution in [0.5, 0.6) is 0 Å². The van der Waals surface area contributed by atoms with E-state index in [-0.39, 0.29) is 5.82 Å². The fraction of sp³-hybridized carbons (Fsp3) is 0.200. The predicted molar refractivity (Wildman–Crippen MR) is 62.4 cm³/mol. The molecule has 0 atom stereocenters. The average molecular weight is 229 g/mol. The minimum Gasteiger partial charge on any atom is -0.382 e. The molecule has 0 amide bonds. The summed E-state index contributed by atoms with van der Waals surface area (Å²) >= 11 is 0. The van der Waals surface area contributed by atoms with Crippen molar-refractivity contribution < 1.29 is 0 Å². The van der Waals surface area contributed by atoms with Crippen LogP contribution in [0.1, 0.15) is 12.5 Å². The number of aromatic nitrogens is 4. The quantitative estimate of drug-likeness (QED) is 0.796. The lowest BCUT2D eigenvalue weighted by Gasteiger charge is -1.99. The lowest BCUT2D eigenvalue weighted by Crippen LogP contribution is -2.05. The van der Waals surface area contributed by atoms with Crippen LogP contribution in [0.25, 0.3) is 5.82 Å². The Morgan fingerprint density at radius 1 is 1.59 bits per heavy atom. The summed E-state index contributed by atoms with van der Waals surface area (Å²) in [5.41, 5.74) is 6.16. The maximum absolute atomic E-state index is 9.03. The number of nitrogens with one attached hydrogen (secondary N) is 1. The number of rotatable bonds is 3. The molecule has 3 N–H and O–H groups in total. The number of nitrogens with zero attached hydrogens (tertiary/aromatic N) is 5. The maximum Gasteiger partial charge on any atom is 0.178 e. The first kappa shape index (κ1) is 10.9. The van der Waals surface area contributed by atoms with Crippen molar-refractivity contribution in [1.82, 2.24) is 20.0 Å². The first-order valence-electron chi connectivity index (χ1n) is 5.08. The normalized spacial score (nSPS) is 9.88. The molecule has 0 fully saturated rings. The van der Waals surface area contributed by atoms with Crippen LogP contribution < -0.4 is 11.1 Å². The van der Waals surface area contributed by atoms with E-state index in [1.54, 1.807) is 18.3 Å². The summed E-state index contributed by atoms with van der Waals surface area (Å²) in [6.45, 7) is 2.57. The Morgan fingerprint density at radius 2 is 2.41 bits per heavy atom. The lowest BCUT2D eigenvalue weighted by atomic mass is 10.3. The second kappa shape index (κ2) is 4.49. The molecule has 2 heterocycles. The molecule has 2 aromatic rings. The van der Waals surface area contributed by atoms with E-state index in [0.717, 1.165) is 0 Å². The third-order valence-electron chi connectivity index (χ3n) is 2.15. The van der Waals surface area contributed by atoms with E-state index >= 15 is 0 Å². The average Bonchev–Trinajstić information content (AvgIpc) is 2.67. The Labute approximate surface area is 97.9 Å². The van der Waals surface area contributed by atoms with Gasteiger partial charge in [0, 0.05) is 12.7 Å². The first-order valence-corrected chi connectivity index (χ1v) is 5.08. The molecule has 86 valence electrons. The van der Waals surface area contributed by atoms with Gasteiger partial charge in [0.1, 0.15) is 17.5 Å². The van der Waals surface area contributed by atoms with Crippen LogP contribution in [-0.4, -0.2) is 26.5 Å². The monoisotopic (exact) mass is 229 g/mol. The van der Waals surface area contributed by atoms with Crippen molar-refractivity contribution >= 4 is 11.6 Å². The highest BCUT2D eigenvalue weighted by Gasteiger charge is 2.16. The zero-order valence-corrected chi connectivity index (χ0v) is 9.25. The van der Waals surface area contributed by atoms with Crippen LogP contribution in [0.2, 0.25) is 0 Å². The summed E-state index contributed by atoms with van der Waals surface area (Å²) in [6, 6.07) is 5.46. The Hall–Kier alpha value is -2.62. The van der Waals surface area contributed by atoms with Gasteiger partial charge in [-0.2, -0.15) is 15.0 Å². The highest BCUT2D eigenvalue weighted by molar-refractivity contribution is 5.65. The van der Waals surface area contributed by atoms with Gasteiger partial charge < -0.3 is 11.1 Å². The minimum absolute atomic E-state index is 0.254. The van der Waals surface area contributed by atoms with Gasteiger partial charge in [0.2, 0.25) is 0 Å². The van der Waals surface area contributed by atoms with Crippen molar-refractivity contribution in [2.75, 3.05) is 17.6 Å². The molecule has 0 bridgehead atoms. The van der Waals surface area contributed by atoms with Gasteiger partial charge >= 0.3 is 0 Å². The summed E-state index contributed by atoms with van der Waals surface area (Å²) < 4.78 is 1.39. The summed E-state index contributed by atoms with van der Waals surface area (Å²) in [5.74, 6) is 1.19. The van der Waals surface area contributed by atoms with Crippen molar-refractivity contribution in [3.05, 3.63) is 23.9 Å². The molecular formula is C10H11N7. The topological polar surface area (TPSA) is 105 Å².